The van der Waals surface area contributed by atoms with Gasteiger partial charge < -0.3 is 14.8 Å². The summed E-state index contributed by atoms with van der Waals surface area (Å²) in [6, 6.07) is 15.1. The predicted molar refractivity (Wildman–Crippen MR) is 100.0 cm³/mol. The van der Waals surface area contributed by atoms with Crippen LogP contribution in [0, 0.1) is 5.82 Å². The highest BCUT2D eigenvalue weighted by atomic mass is 19.1. The molecule has 4 rings (SSSR count). The molecule has 2 aromatic rings. The van der Waals surface area contributed by atoms with Crippen LogP contribution >= 0.6 is 0 Å². The minimum absolute atomic E-state index is 0.0720. The number of methoxy groups -OCH3 is 1. The van der Waals surface area contributed by atoms with Crippen molar-refractivity contribution in [1.82, 2.24) is 4.90 Å². The van der Waals surface area contributed by atoms with Gasteiger partial charge in [-0.1, -0.05) is 18.2 Å². The van der Waals surface area contributed by atoms with Gasteiger partial charge in [-0.15, -0.1) is 0 Å². The Bertz CT molecular complexity index is 752. The number of benzene rings is 2. The second kappa shape index (κ2) is 7.25. The molecule has 0 aromatic heterocycles. The van der Waals surface area contributed by atoms with Crippen LogP contribution in [0.2, 0.25) is 0 Å². The van der Waals surface area contributed by atoms with E-state index in [1.54, 1.807) is 13.2 Å². The molecule has 1 spiro atoms. The Balaban J connectivity index is 1.32. The highest BCUT2D eigenvalue weighted by Crippen LogP contribution is 2.36. The van der Waals surface area contributed by atoms with Crippen molar-refractivity contribution in [3.8, 4) is 5.75 Å². The molecule has 2 aliphatic heterocycles. The van der Waals surface area contributed by atoms with E-state index in [1.165, 1.54) is 17.7 Å². The standard InChI is InChI=1S/C21H25FN2O2/c1-25-20-7-5-16(6-8-20)13-24-10-9-21(15-24)12-19(14-26-21)23-18-4-2-3-17(22)11-18/h2-8,11,19,23H,9-10,12-15H2,1H3/t19-,21+/m0/s1. The zero-order chi connectivity index (χ0) is 18.0. The normalized spacial score (nSPS) is 25.7. The first-order valence-electron chi connectivity index (χ1n) is 9.15. The Kier molecular flexibility index (Phi) is 4.83. The number of nitrogens with one attached hydrogen (secondary N) is 1. The molecule has 2 saturated heterocycles. The number of rotatable bonds is 5. The molecule has 2 atom stereocenters. The third-order valence-electron chi connectivity index (χ3n) is 5.37. The summed E-state index contributed by atoms with van der Waals surface area (Å²) in [6.45, 7) is 3.59. The van der Waals surface area contributed by atoms with E-state index in [1.807, 2.05) is 18.2 Å². The maximum absolute atomic E-state index is 13.4. The smallest absolute Gasteiger partial charge is 0.125 e. The molecule has 0 radical (unpaired) electrons. The fraction of sp³-hybridized carbons (Fsp3) is 0.429. The summed E-state index contributed by atoms with van der Waals surface area (Å²) >= 11 is 0. The van der Waals surface area contributed by atoms with Gasteiger partial charge >= 0.3 is 0 Å². The highest BCUT2D eigenvalue weighted by molar-refractivity contribution is 5.44. The van der Waals surface area contributed by atoms with Crippen molar-refractivity contribution in [1.29, 1.82) is 0 Å². The lowest BCUT2D eigenvalue weighted by molar-refractivity contribution is 0.0120. The summed E-state index contributed by atoms with van der Waals surface area (Å²) < 4.78 is 24.8. The number of anilines is 1. The van der Waals surface area contributed by atoms with Gasteiger partial charge in [0.1, 0.15) is 11.6 Å². The fourth-order valence-electron chi connectivity index (χ4n) is 4.09. The molecule has 1 N–H and O–H groups in total. The lowest BCUT2D eigenvalue weighted by atomic mass is 9.97. The van der Waals surface area contributed by atoms with Gasteiger partial charge in [-0.25, -0.2) is 4.39 Å². The van der Waals surface area contributed by atoms with E-state index in [0.29, 0.717) is 6.61 Å². The average molecular weight is 356 g/mol. The van der Waals surface area contributed by atoms with Gasteiger partial charge in [-0.2, -0.15) is 0 Å². The van der Waals surface area contributed by atoms with Crippen LogP contribution in [0.15, 0.2) is 48.5 Å². The van der Waals surface area contributed by atoms with E-state index in [2.05, 4.69) is 22.3 Å². The summed E-state index contributed by atoms with van der Waals surface area (Å²) in [6.07, 6.45) is 2.01. The van der Waals surface area contributed by atoms with E-state index in [4.69, 9.17) is 9.47 Å². The van der Waals surface area contributed by atoms with Crippen LogP contribution in [0.25, 0.3) is 0 Å². The SMILES string of the molecule is COc1ccc(CN2CC[C@@]3(C[C@H](Nc4cccc(F)c4)CO3)C2)cc1. The molecule has 0 amide bonds. The first kappa shape index (κ1) is 17.3. The number of hydrogen-bond acceptors (Lipinski definition) is 4. The molecule has 0 saturated carbocycles. The lowest BCUT2D eigenvalue weighted by Crippen LogP contribution is -2.33. The maximum atomic E-state index is 13.4. The first-order valence-corrected chi connectivity index (χ1v) is 9.15. The second-order valence-corrected chi connectivity index (χ2v) is 7.36. The van der Waals surface area contributed by atoms with Crippen molar-refractivity contribution in [2.45, 2.75) is 31.0 Å². The molecule has 5 heteroatoms. The fourth-order valence-corrected chi connectivity index (χ4v) is 4.09. The molecule has 0 unspecified atom stereocenters. The minimum atomic E-state index is -0.213. The van der Waals surface area contributed by atoms with Gasteiger partial charge in [0.05, 0.1) is 25.4 Å². The third kappa shape index (κ3) is 3.84. The van der Waals surface area contributed by atoms with E-state index < -0.39 is 0 Å². The van der Waals surface area contributed by atoms with Crippen LogP contribution in [0.1, 0.15) is 18.4 Å². The van der Waals surface area contributed by atoms with E-state index in [9.17, 15) is 4.39 Å². The summed E-state index contributed by atoms with van der Waals surface area (Å²) in [5, 5.41) is 3.41. The summed E-state index contributed by atoms with van der Waals surface area (Å²) in [7, 11) is 1.69. The zero-order valence-electron chi connectivity index (χ0n) is 15.1. The number of halogens is 1. The Morgan fingerprint density at radius 3 is 2.88 bits per heavy atom. The Morgan fingerprint density at radius 1 is 1.27 bits per heavy atom. The van der Waals surface area contributed by atoms with E-state index in [0.717, 1.165) is 43.9 Å². The van der Waals surface area contributed by atoms with Crippen LogP contribution in [-0.2, 0) is 11.3 Å². The molecule has 2 aromatic carbocycles. The van der Waals surface area contributed by atoms with Crippen LogP contribution in [0.5, 0.6) is 5.75 Å². The van der Waals surface area contributed by atoms with Gasteiger partial charge in [0.25, 0.3) is 0 Å². The quantitative estimate of drug-likeness (QED) is 0.886. The third-order valence-corrected chi connectivity index (χ3v) is 5.37. The summed E-state index contributed by atoms with van der Waals surface area (Å²) in [5.74, 6) is 0.673. The van der Waals surface area contributed by atoms with Crippen molar-refractivity contribution < 1.29 is 13.9 Å². The summed E-state index contributed by atoms with van der Waals surface area (Å²) in [4.78, 5) is 2.45. The van der Waals surface area contributed by atoms with Gasteiger partial charge in [-0.05, 0) is 42.3 Å². The molecule has 0 aliphatic carbocycles. The van der Waals surface area contributed by atoms with E-state index >= 15 is 0 Å². The molecule has 2 heterocycles. The number of ether oxygens (including phenoxy) is 2. The average Bonchev–Trinajstić information content (AvgIpc) is 3.22. The number of likely N-dealkylation sites (tertiary alicyclic amines) is 1. The van der Waals surface area contributed by atoms with Crippen molar-refractivity contribution >= 4 is 5.69 Å². The van der Waals surface area contributed by atoms with Gasteiger partial charge in [0, 0.05) is 31.7 Å². The largest absolute Gasteiger partial charge is 0.497 e. The van der Waals surface area contributed by atoms with Crippen molar-refractivity contribution in [2.24, 2.45) is 0 Å². The molecule has 4 nitrogen and oxygen atoms in total. The van der Waals surface area contributed by atoms with E-state index in [-0.39, 0.29) is 17.5 Å². The minimum Gasteiger partial charge on any atom is -0.497 e. The van der Waals surface area contributed by atoms with Crippen molar-refractivity contribution in [3.05, 3.63) is 59.9 Å². The molecular formula is C21H25FN2O2. The molecule has 0 bridgehead atoms. The summed E-state index contributed by atoms with van der Waals surface area (Å²) in [5.41, 5.74) is 2.04. The molecule has 2 fully saturated rings. The molecule has 26 heavy (non-hydrogen) atoms. The lowest BCUT2D eigenvalue weighted by Gasteiger charge is -2.23. The monoisotopic (exact) mass is 356 g/mol. The van der Waals surface area contributed by atoms with Crippen LogP contribution in [0.3, 0.4) is 0 Å². The maximum Gasteiger partial charge on any atom is 0.125 e. The topological polar surface area (TPSA) is 33.7 Å². The van der Waals surface area contributed by atoms with Crippen molar-refractivity contribution in [2.75, 3.05) is 32.1 Å². The highest BCUT2D eigenvalue weighted by Gasteiger charge is 2.45. The Labute approximate surface area is 153 Å². The first-order chi connectivity index (χ1) is 12.6. The van der Waals surface area contributed by atoms with Crippen LogP contribution in [-0.4, -0.2) is 43.3 Å². The molecule has 138 valence electrons. The number of nitrogens with zero attached hydrogens (tertiary/aromatic N) is 1. The van der Waals surface area contributed by atoms with Crippen molar-refractivity contribution in [3.63, 3.8) is 0 Å². The van der Waals surface area contributed by atoms with Gasteiger partial charge in [0.2, 0.25) is 0 Å². The molecular weight excluding hydrogens is 331 g/mol. The van der Waals surface area contributed by atoms with Gasteiger partial charge in [-0.3, -0.25) is 4.90 Å². The van der Waals surface area contributed by atoms with Gasteiger partial charge in [0.15, 0.2) is 0 Å². The van der Waals surface area contributed by atoms with Crippen LogP contribution in [0.4, 0.5) is 10.1 Å². The second-order valence-electron chi connectivity index (χ2n) is 7.36. The van der Waals surface area contributed by atoms with Crippen LogP contribution < -0.4 is 10.1 Å². The Morgan fingerprint density at radius 2 is 2.12 bits per heavy atom. The zero-order valence-corrected chi connectivity index (χ0v) is 15.1. The Hall–Kier alpha value is -2.11. The predicted octanol–water partition coefficient (Wildman–Crippen LogP) is 3.68. The molecule has 2 aliphatic rings. The number of hydrogen-bond donors (Lipinski definition) is 1.